The predicted molar refractivity (Wildman–Crippen MR) is 93.0 cm³/mol. The zero-order valence-electron chi connectivity index (χ0n) is 14.3. The molecule has 0 aliphatic rings. The van der Waals surface area contributed by atoms with E-state index in [1.807, 2.05) is 45.1 Å². The number of carbonyl (C=O) groups is 1. The molecule has 0 unspecified atom stereocenters. The maximum absolute atomic E-state index is 11.7. The van der Waals surface area contributed by atoms with Crippen LogP contribution in [0.5, 0.6) is 0 Å². The van der Waals surface area contributed by atoms with E-state index in [0.717, 1.165) is 35.0 Å². The first-order valence-corrected chi connectivity index (χ1v) is 8.02. The number of hydrogen-bond donors (Lipinski definition) is 0. The number of esters is 1. The topological polar surface area (TPSA) is 52.1 Å². The van der Waals surface area contributed by atoms with E-state index in [0.29, 0.717) is 0 Å². The van der Waals surface area contributed by atoms with Gasteiger partial charge in [0, 0.05) is 5.39 Å². The van der Waals surface area contributed by atoms with Gasteiger partial charge in [-0.05, 0) is 51.0 Å². The highest BCUT2D eigenvalue weighted by Crippen LogP contribution is 2.16. The zero-order valence-corrected chi connectivity index (χ0v) is 14.3. The Labute approximate surface area is 137 Å². The second kappa shape index (κ2) is 7.36. The van der Waals surface area contributed by atoms with Crippen molar-refractivity contribution in [3.05, 3.63) is 41.6 Å². The van der Waals surface area contributed by atoms with E-state index in [4.69, 9.17) is 4.74 Å². The number of benzene rings is 1. The molecule has 1 aromatic carbocycles. The molecule has 2 aromatic rings. The molecule has 122 valence electrons. The van der Waals surface area contributed by atoms with Gasteiger partial charge >= 0.3 is 5.97 Å². The first kappa shape index (κ1) is 17.1. The minimum atomic E-state index is -0.442. The van der Waals surface area contributed by atoms with E-state index >= 15 is 0 Å². The second-order valence-electron chi connectivity index (χ2n) is 6.60. The summed E-state index contributed by atoms with van der Waals surface area (Å²) < 4.78 is 5.28. The van der Waals surface area contributed by atoms with E-state index in [1.54, 1.807) is 0 Å². The van der Waals surface area contributed by atoms with E-state index in [2.05, 4.69) is 29.3 Å². The summed E-state index contributed by atoms with van der Waals surface area (Å²) in [6, 6.07) is 8.07. The van der Waals surface area contributed by atoms with Crippen LogP contribution in [0.25, 0.3) is 17.0 Å². The van der Waals surface area contributed by atoms with Gasteiger partial charge < -0.3 is 4.74 Å². The highest BCUT2D eigenvalue weighted by molar-refractivity contribution is 5.81. The first-order valence-electron chi connectivity index (χ1n) is 8.02. The first-order chi connectivity index (χ1) is 10.9. The van der Waals surface area contributed by atoms with E-state index in [9.17, 15) is 4.79 Å². The van der Waals surface area contributed by atoms with Crippen LogP contribution in [0, 0.1) is 0 Å². The second-order valence-corrected chi connectivity index (χ2v) is 6.60. The van der Waals surface area contributed by atoms with Gasteiger partial charge in [0.25, 0.3) is 0 Å². The fraction of sp³-hybridized carbons (Fsp3) is 0.421. The molecular formula is C19H24N2O2. The third-order valence-corrected chi connectivity index (χ3v) is 3.18. The maximum atomic E-state index is 11.7. The number of aromatic nitrogens is 2. The number of fused-ring (bicyclic) bond motifs is 1. The zero-order chi connectivity index (χ0) is 16.9. The molecule has 0 saturated carbocycles. The van der Waals surface area contributed by atoms with Crippen molar-refractivity contribution in [1.82, 2.24) is 10.2 Å². The lowest BCUT2D eigenvalue weighted by atomic mass is 10.1. The van der Waals surface area contributed by atoms with Crippen LogP contribution in [0.1, 0.15) is 51.8 Å². The minimum absolute atomic E-state index is 0.217. The molecule has 0 aliphatic heterocycles. The monoisotopic (exact) mass is 312 g/mol. The number of carbonyl (C=O) groups excluding carboxylic acids is 1. The third kappa shape index (κ3) is 5.47. The quantitative estimate of drug-likeness (QED) is 0.771. The van der Waals surface area contributed by atoms with Crippen molar-refractivity contribution in [1.29, 1.82) is 0 Å². The molecule has 0 spiro atoms. The molecule has 4 nitrogen and oxygen atoms in total. The maximum Gasteiger partial charge on any atom is 0.310 e. The summed E-state index contributed by atoms with van der Waals surface area (Å²) in [5, 5.41) is 9.53. The molecule has 0 saturated heterocycles. The molecule has 2 rings (SSSR count). The van der Waals surface area contributed by atoms with Crippen LogP contribution in [0.15, 0.2) is 30.3 Å². The Morgan fingerprint density at radius 2 is 2.00 bits per heavy atom. The Kier molecular flexibility index (Phi) is 5.48. The van der Waals surface area contributed by atoms with Crippen molar-refractivity contribution in [2.45, 2.75) is 52.6 Å². The molecule has 1 aromatic heterocycles. The van der Waals surface area contributed by atoms with Crippen molar-refractivity contribution >= 4 is 22.9 Å². The number of nitrogens with zero attached hydrogens (tertiary/aromatic N) is 2. The lowest BCUT2D eigenvalue weighted by molar-refractivity contribution is -0.153. The van der Waals surface area contributed by atoms with Gasteiger partial charge in [0.15, 0.2) is 0 Å². The van der Waals surface area contributed by atoms with Gasteiger partial charge in [-0.3, -0.25) is 4.79 Å². The summed E-state index contributed by atoms with van der Waals surface area (Å²) in [5.74, 6) is -0.217. The van der Waals surface area contributed by atoms with Crippen molar-refractivity contribution in [2.24, 2.45) is 0 Å². The van der Waals surface area contributed by atoms with Crippen LogP contribution in [0.4, 0.5) is 0 Å². The Balaban J connectivity index is 2.07. The van der Waals surface area contributed by atoms with Crippen LogP contribution in [0.3, 0.4) is 0 Å². The largest absolute Gasteiger partial charge is 0.460 e. The van der Waals surface area contributed by atoms with Gasteiger partial charge in [-0.15, -0.1) is 0 Å². The summed E-state index contributed by atoms with van der Waals surface area (Å²) in [7, 11) is 0. The summed E-state index contributed by atoms with van der Waals surface area (Å²) in [5.41, 5.74) is 2.49. The van der Waals surface area contributed by atoms with Crippen LogP contribution in [-0.4, -0.2) is 21.8 Å². The van der Waals surface area contributed by atoms with Gasteiger partial charge in [0.1, 0.15) is 5.60 Å². The lowest BCUT2D eigenvalue weighted by Gasteiger charge is -2.18. The smallest absolute Gasteiger partial charge is 0.310 e. The van der Waals surface area contributed by atoms with Crippen LogP contribution in [0.2, 0.25) is 0 Å². The Bertz CT molecular complexity index is 715. The number of ether oxygens (including phenoxy) is 1. The van der Waals surface area contributed by atoms with Crippen molar-refractivity contribution in [3.8, 4) is 0 Å². The average Bonchev–Trinajstić information content (AvgIpc) is 2.45. The molecule has 23 heavy (non-hydrogen) atoms. The molecule has 0 amide bonds. The van der Waals surface area contributed by atoms with E-state index in [-0.39, 0.29) is 12.4 Å². The fourth-order valence-electron chi connectivity index (χ4n) is 2.26. The number of hydrogen-bond acceptors (Lipinski definition) is 4. The summed E-state index contributed by atoms with van der Waals surface area (Å²) in [6.07, 6.45) is 6.02. The Morgan fingerprint density at radius 1 is 1.22 bits per heavy atom. The van der Waals surface area contributed by atoms with Crippen molar-refractivity contribution < 1.29 is 9.53 Å². The summed E-state index contributed by atoms with van der Waals surface area (Å²) >= 11 is 0. The molecular weight excluding hydrogens is 288 g/mol. The standard InChI is InChI=1S/C19H24N2O2/c1-5-7-16-13-15-12-14(10-11-17(15)21-20-16)8-6-9-18(22)23-19(2,3)4/h6,8,10-13H,5,7,9H2,1-4H3. The van der Waals surface area contributed by atoms with Gasteiger partial charge in [-0.2, -0.15) is 10.2 Å². The highest BCUT2D eigenvalue weighted by atomic mass is 16.6. The molecule has 0 aliphatic carbocycles. The predicted octanol–water partition coefficient (Wildman–Crippen LogP) is 4.33. The molecule has 4 heteroatoms. The van der Waals surface area contributed by atoms with Crippen LogP contribution in [-0.2, 0) is 16.0 Å². The highest BCUT2D eigenvalue weighted by Gasteiger charge is 2.14. The number of aryl methyl sites for hydroxylation is 1. The Hall–Kier alpha value is -2.23. The van der Waals surface area contributed by atoms with Gasteiger partial charge in [0.05, 0.1) is 17.6 Å². The van der Waals surface area contributed by atoms with Crippen molar-refractivity contribution in [2.75, 3.05) is 0 Å². The fourth-order valence-corrected chi connectivity index (χ4v) is 2.26. The normalized spacial score (nSPS) is 12.0. The number of rotatable bonds is 5. The Morgan fingerprint density at radius 3 is 2.70 bits per heavy atom. The SMILES string of the molecule is CCCc1cc2cc(C=CCC(=O)OC(C)(C)C)ccc2nn1. The summed E-state index contributed by atoms with van der Waals surface area (Å²) in [6.45, 7) is 7.73. The average molecular weight is 312 g/mol. The van der Waals surface area contributed by atoms with Crippen molar-refractivity contribution in [3.63, 3.8) is 0 Å². The molecule has 1 heterocycles. The minimum Gasteiger partial charge on any atom is -0.460 e. The molecule has 0 fully saturated rings. The van der Waals surface area contributed by atoms with Crippen LogP contribution >= 0.6 is 0 Å². The summed E-state index contributed by atoms with van der Waals surface area (Å²) in [4.78, 5) is 11.7. The van der Waals surface area contributed by atoms with Gasteiger partial charge in [-0.25, -0.2) is 0 Å². The van der Waals surface area contributed by atoms with Crippen LogP contribution < -0.4 is 0 Å². The van der Waals surface area contributed by atoms with E-state index < -0.39 is 5.60 Å². The van der Waals surface area contributed by atoms with Gasteiger partial charge in [0.2, 0.25) is 0 Å². The molecule has 0 atom stereocenters. The molecule has 0 N–H and O–H groups in total. The van der Waals surface area contributed by atoms with E-state index in [1.165, 1.54) is 0 Å². The molecule has 0 bridgehead atoms. The van der Waals surface area contributed by atoms with Gasteiger partial charge in [-0.1, -0.05) is 31.6 Å². The lowest BCUT2D eigenvalue weighted by Crippen LogP contribution is -2.23. The third-order valence-electron chi connectivity index (χ3n) is 3.18. The molecule has 0 radical (unpaired) electrons.